The Hall–Kier alpha value is -0.180. The van der Waals surface area contributed by atoms with Gasteiger partial charge in [-0.1, -0.05) is 6.92 Å². The van der Waals surface area contributed by atoms with E-state index in [9.17, 15) is 8.78 Å². The fraction of sp³-hybridized carbons (Fsp3) is 1.00. The van der Waals surface area contributed by atoms with Gasteiger partial charge in [0.2, 0.25) is 0 Å². The van der Waals surface area contributed by atoms with Crippen molar-refractivity contribution in [2.75, 3.05) is 6.61 Å². The van der Waals surface area contributed by atoms with E-state index in [0.29, 0.717) is 5.92 Å². The van der Waals surface area contributed by atoms with E-state index in [1.807, 2.05) is 6.92 Å². The fourth-order valence-electron chi connectivity index (χ4n) is 1.08. The molecule has 3 heteroatoms. The lowest BCUT2D eigenvalue weighted by atomic mass is 9.84. The van der Waals surface area contributed by atoms with Crippen molar-refractivity contribution in [3.05, 3.63) is 0 Å². The molecule has 0 heterocycles. The highest BCUT2D eigenvalue weighted by Crippen LogP contribution is 2.29. The Balaban J connectivity index is 2.03. The van der Waals surface area contributed by atoms with Crippen molar-refractivity contribution in [2.24, 2.45) is 5.92 Å². The Morgan fingerprint density at radius 3 is 2.50 bits per heavy atom. The third kappa shape index (κ3) is 1.90. The van der Waals surface area contributed by atoms with Gasteiger partial charge >= 0.3 is 0 Å². The Morgan fingerprint density at radius 2 is 2.20 bits per heavy atom. The maximum atomic E-state index is 11.6. The lowest BCUT2D eigenvalue weighted by Crippen LogP contribution is -2.33. The maximum absolute atomic E-state index is 11.6. The molecule has 60 valence electrons. The van der Waals surface area contributed by atoms with Crippen LogP contribution in [0.3, 0.4) is 0 Å². The van der Waals surface area contributed by atoms with Crippen molar-refractivity contribution in [3.8, 4) is 0 Å². The van der Waals surface area contributed by atoms with Crippen LogP contribution in [0.1, 0.15) is 19.8 Å². The predicted molar refractivity (Wildman–Crippen MR) is 34.1 cm³/mol. The van der Waals surface area contributed by atoms with Gasteiger partial charge < -0.3 is 4.74 Å². The summed E-state index contributed by atoms with van der Waals surface area (Å²) in [6.45, 7) is 1.63. The van der Waals surface area contributed by atoms with Gasteiger partial charge in [0.25, 0.3) is 6.43 Å². The van der Waals surface area contributed by atoms with Gasteiger partial charge in [0.1, 0.15) is 6.61 Å². The molecule has 0 spiro atoms. The van der Waals surface area contributed by atoms with Gasteiger partial charge in [-0.3, -0.25) is 0 Å². The first-order valence-electron chi connectivity index (χ1n) is 3.60. The molecule has 0 saturated heterocycles. The Bertz CT molecular complexity index is 106. The minimum absolute atomic E-state index is 0.106. The molecular formula is C7H12F2O. The highest BCUT2D eigenvalue weighted by atomic mass is 19.3. The average Bonchev–Trinajstić information content (AvgIpc) is 1.84. The van der Waals surface area contributed by atoms with Crippen molar-refractivity contribution in [1.82, 2.24) is 0 Å². The molecular weight excluding hydrogens is 138 g/mol. The van der Waals surface area contributed by atoms with Gasteiger partial charge in [-0.15, -0.1) is 0 Å². The van der Waals surface area contributed by atoms with Crippen LogP contribution in [0, 0.1) is 5.92 Å². The summed E-state index contributed by atoms with van der Waals surface area (Å²) in [5, 5.41) is 0. The SMILES string of the molecule is C[C@H]1CC[C@H]1OCC(F)F. The minimum atomic E-state index is -2.31. The molecule has 1 aliphatic carbocycles. The molecule has 1 fully saturated rings. The lowest BCUT2D eigenvalue weighted by molar-refractivity contribution is -0.0804. The van der Waals surface area contributed by atoms with E-state index in [4.69, 9.17) is 4.74 Å². The summed E-state index contributed by atoms with van der Waals surface area (Å²) < 4.78 is 28.0. The normalized spacial score (nSPS) is 32.4. The largest absolute Gasteiger partial charge is 0.372 e. The van der Waals surface area contributed by atoms with Crippen LogP contribution in [0.2, 0.25) is 0 Å². The smallest absolute Gasteiger partial charge is 0.261 e. The van der Waals surface area contributed by atoms with Gasteiger partial charge in [0.15, 0.2) is 0 Å². The van der Waals surface area contributed by atoms with Crippen LogP contribution in [0.15, 0.2) is 0 Å². The van der Waals surface area contributed by atoms with Gasteiger partial charge in [-0.25, -0.2) is 8.78 Å². The monoisotopic (exact) mass is 150 g/mol. The molecule has 0 bridgehead atoms. The summed E-state index contributed by atoms with van der Waals surface area (Å²) in [5.74, 6) is 0.485. The van der Waals surface area contributed by atoms with Gasteiger partial charge in [0.05, 0.1) is 6.10 Å². The van der Waals surface area contributed by atoms with Crippen LogP contribution in [0.25, 0.3) is 0 Å². The number of hydrogen-bond acceptors (Lipinski definition) is 1. The van der Waals surface area contributed by atoms with Gasteiger partial charge in [-0.2, -0.15) is 0 Å². The van der Waals surface area contributed by atoms with Gasteiger partial charge in [-0.05, 0) is 18.8 Å². The van der Waals surface area contributed by atoms with E-state index in [2.05, 4.69) is 0 Å². The quantitative estimate of drug-likeness (QED) is 0.598. The zero-order valence-electron chi connectivity index (χ0n) is 6.02. The first kappa shape index (κ1) is 7.92. The zero-order valence-corrected chi connectivity index (χ0v) is 6.02. The van der Waals surface area contributed by atoms with E-state index >= 15 is 0 Å². The molecule has 1 aliphatic rings. The molecule has 1 nitrogen and oxygen atoms in total. The Kier molecular flexibility index (Phi) is 2.60. The summed E-state index contributed by atoms with van der Waals surface area (Å²) in [5.41, 5.74) is 0. The maximum Gasteiger partial charge on any atom is 0.261 e. The van der Waals surface area contributed by atoms with E-state index in [1.165, 1.54) is 0 Å². The van der Waals surface area contributed by atoms with E-state index in [1.54, 1.807) is 0 Å². The van der Waals surface area contributed by atoms with Crippen LogP contribution < -0.4 is 0 Å². The molecule has 0 unspecified atom stereocenters. The molecule has 1 rings (SSSR count). The van der Waals surface area contributed by atoms with E-state index < -0.39 is 13.0 Å². The third-order valence-electron chi connectivity index (χ3n) is 1.98. The first-order chi connectivity index (χ1) is 4.70. The topological polar surface area (TPSA) is 9.23 Å². The predicted octanol–water partition coefficient (Wildman–Crippen LogP) is 2.07. The molecule has 1 saturated carbocycles. The van der Waals surface area contributed by atoms with E-state index in [0.717, 1.165) is 12.8 Å². The third-order valence-corrected chi connectivity index (χ3v) is 1.98. The first-order valence-corrected chi connectivity index (χ1v) is 3.60. The van der Waals surface area contributed by atoms with Gasteiger partial charge in [0, 0.05) is 0 Å². The van der Waals surface area contributed by atoms with Crippen molar-refractivity contribution in [2.45, 2.75) is 32.3 Å². The average molecular weight is 150 g/mol. The standard InChI is InChI=1S/C7H12F2O/c1-5-2-3-6(5)10-4-7(8)9/h5-7H,2-4H2,1H3/t5-,6+/m0/s1. The Labute approximate surface area is 59.4 Å². The molecule has 0 amide bonds. The Morgan fingerprint density at radius 1 is 1.50 bits per heavy atom. The number of ether oxygens (including phenoxy) is 1. The minimum Gasteiger partial charge on any atom is -0.372 e. The summed E-state index contributed by atoms with van der Waals surface area (Å²) in [6.07, 6.45) is -0.135. The second-order valence-electron chi connectivity index (χ2n) is 2.82. The highest BCUT2D eigenvalue weighted by molar-refractivity contribution is 4.77. The molecule has 2 atom stereocenters. The summed E-state index contributed by atoms with van der Waals surface area (Å²) in [7, 11) is 0. The highest BCUT2D eigenvalue weighted by Gasteiger charge is 2.27. The number of halogens is 2. The lowest BCUT2D eigenvalue weighted by Gasteiger charge is -2.33. The van der Waals surface area contributed by atoms with Crippen molar-refractivity contribution in [3.63, 3.8) is 0 Å². The number of rotatable bonds is 3. The van der Waals surface area contributed by atoms with Crippen molar-refractivity contribution >= 4 is 0 Å². The van der Waals surface area contributed by atoms with Crippen molar-refractivity contribution < 1.29 is 13.5 Å². The van der Waals surface area contributed by atoms with Crippen LogP contribution in [0.5, 0.6) is 0 Å². The van der Waals surface area contributed by atoms with Crippen LogP contribution in [-0.4, -0.2) is 19.1 Å². The molecule has 0 N–H and O–H groups in total. The van der Waals surface area contributed by atoms with Crippen molar-refractivity contribution in [1.29, 1.82) is 0 Å². The number of alkyl halides is 2. The molecule has 0 aliphatic heterocycles. The summed E-state index contributed by atoms with van der Waals surface area (Å²) in [6, 6.07) is 0. The van der Waals surface area contributed by atoms with Crippen LogP contribution in [0.4, 0.5) is 8.78 Å². The molecule has 0 aromatic heterocycles. The molecule has 10 heavy (non-hydrogen) atoms. The zero-order chi connectivity index (χ0) is 7.56. The molecule has 0 radical (unpaired) electrons. The number of hydrogen-bond donors (Lipinski definition) is 0. The summed E-state index contributed by atoms with van der Waals surface area (Å²) in [4.78, 5) is 0. The molecule has 0 aromatic carbocycles. The second kappa shape index (κ2) is 3.28. The second-order valence-corrected chi connectivity index (χ2v) is 2.82. The van der Waals surface area contributed by atoms with E-state index in [-0.39, 0.29) is 6.10 Å². The van der Waals surface area contributed by atoms with Crippen LogP contribution in [-0.2, 0) is 4.74 Å². The fourth-order valence-corrected chi connectivity index (χ4v) is 1.08. The molecule has 0 aromatic rings. The summed E-state index contributed by atoms with van der Waals surface area (Å²) >= 11 is 0. The van der Waals surface area contributed by atoms with Crippen LogP contribution >= 0.6 is 0 Å².